The van der Waals surface area contributed by atoms with Crippen LogP contribution in [0.4, 0.5) is 0 Å². The molecule has 1 heterocycles. The maximum atomic E-state index is 12.2. The molecule has 0 amide bonds. The quantitative estimate of drug-likeness (QED) is 0.733. The molecule has 96 valence electrons. The number of fused-ring (bicyclic) bond motifs is 1. The van der Waals surface area contributed by atoms with E-state index in [1.54, 1.807) is 11.1 Å². The Labute approximate surface area is 114 Å². The molecule has 3 aromatic rings. The van der Waals surface area contributed by atoms with Crippen molar-refractivity contribution >= 4 is 21.6 Å². The van der Waals surface area contributed by atoms with Crippen LogP contribution in [0.5, 0.6) is 5.75 Å². The maximum absolute atomic E-state index is 12.2. The van der Waals surface area contributed by atoms with Gasteiger partial charge in [-0.3, -0.25) is 8.75 Å². The summed E-state index contributed by atoms with van der Waals surface area (Å²) in [5.41, 5.74) is 1.14. The Morgan fingerprint density at radius 1 is 1.16 bits per heavy atom. The fourth-order valence-electron chi connectivity index (χ4n) is 2.06. The first kappa shape index (κ1) is 12.0. The monoisotopic (exact) mass is 271 g/mol. The van der Waals surface area contributed by atoms with E-state index in [0.29, 0.717) is 6.54 Å². The van der Waals surface area contributed by atoms with Gasteiger partial charge in [0.25, 0.3) is 5.56 Å². The van der Waals surface area contributed by atoms with Gasteiger partial charge in [-0.2, -0.15) is 0 Å². The average Bonchev–Trinajstić information content (AvgIpc) is 2.76. The van der Waals surface area contributed by atoms with Crippen LogP contribution >= 0.6 is 11.5 Å². The molecule has 3 rings (SSSR count). The van der Waals surface area contributed by atoms with Crippen LogP contribution in [0.25, 0.3) is 10.1 Å². The summed E-state index contributed by atoms with van der Waals surface area (Å²) in [4.78, 5) is 12.2. The van der Waals surface area contributed by atoms with Crippen molar-refractivity contribution in [3.05, 3.63) is 64.4 Å². The molecule has 0 aliphatic heterocycles. The lowest BCUT2D eigenvalue weighted by atomic mass is 10.2. The zero-order valence-electron chi connectivity index (χ0n) is 10.5. The van der Waals surface area contributed by atoms with Crippen LogP contribution in [-0.4, -0.2) is 11.1 Å². The molecule has 3 nitrogen and oxygen atoms in total. The number of aromatic nitrogens is 1. The molecule has 0 fully saturated rings. The predicted molar refractivity (Wildman–Crippen MR) is 78.2 cm³/mol. The van der Waals surface area contributed by atoms with Crippen molar-refractivity contribution in [2.75, 3.05) is 7.11 Å². The van der Waals surface area contributed by atoms with Gasteiger partial charge in [0.2, 0.25) is 0 Å². The molecule has 0 aliphatic rings. The van der Waals surface area contributed by atoms with Crippen molar-refractivity contribution < 1.29 is 4.74 Å². The van der Waals surface area contributed by atoms with Crippen LogP contribution in [-0.2, 0) is 6.54 Å². The molecule has 0 atom stereocenters. The zero-order chi connectivity index (χ0) is 13.2. The molecule has 0 bridgehead atoms. The number of hydrogen-bond acceptors (Lipinski definition) is 3. The highest BCUT2D eigenvalue weighted by molar-refractivity contribution is 7.13. The van der Waals surface area contributed by atoms with Crippen molar-refractivity contribution in [3.8, 4) is 5.75 Å². The minimum atomic E-state index is 0.0726. The minimum Gasteiger partial charge on any atom is -0.497 e. The summed E-state index contributed by atoms with van der Waals surface area (Å²) in [6, 6.07) is 15.5. The number of benzene rings is 2. The number of hydrogen-bond donors (Lipinski definition) is 0. The molecule has 0 aliphatic carbocycles. The Morgan fingerprint density at radius 3 is 2.79 bits per heavy atom. The van der Waals surface area contributed by atoms with Crippen molar-refractivity contribution in [2.45, 2.75) is 6.54 Å². The van der Waals surface area contributed by atoms with Crippen LogP contribution in [0, 0.1) is 0 Å². The first-order chi connectivity index (χ1) is 9.28. The van der Waals surface area contributed by atoms with Gasteiger partial charge >= 0.3 is 0 Å². The lowest BCUT2D eigenvalue weighted by molar-refractivity contribution is 0.414. The lowest BCUT2D eigenvalue weighted by Gasteiger charge is -2.04. The lowest BCUT2D eigenvalue weighted by Crippen LogP contribution is -2.13. The second-order valence-corrected chi connectivity index (χ2v) is 5.34. The Balaban J connectivity index is 2.01. The molecule has 0 unspecified atom stereocenters. The molecule has 19 heavy (non-hydrogen) atoms. The third kappa shape index (κ3) is 2.27. The maximum Gasteiger partial charge on any atom is 0.268 e. The van der Waals surface area contributed by atoms with Gasteiger partial charge in [-0.1, -0.05) is 35.8 Å². The third-order valence-electron chi connectivity index (χ3n) is 3.01. The van der Waals surface area contributed by atoms with E-state index < -0.39 is 0 Å². The van der Waals surface area contributed by atoms with Gasteiger partial charge in [0, 0.05) is 0 Å². The van der Waals surface area contributed by atoms with Crippen molar-refractivity contribution in [2.24, 2.45) is 0 Å². The number of methoxy groups -OCH3 is 1. The molecule has 2 aromatic carbocycles. The Morgan fingerprint density at radius 2 is 2.00 bits per heavy atom. The fourth-order valence-corrected chi connectivity index (χ4v) is 3.08. The summed E-state index contributed by atoms with van der Waals surface area (Å²) in [5, 5.41) is 0.787. The van der Waals surface area contributed by atoms with Gasteiger partial charge in [0.15, 0.2) is 0 Å². The summed E-state index contributed by atoms with van der Waals surface area (Å²) < 4.78 is 8.00. The fraction of sp³-hybridized carbons (Fsp3) is 0.133. The second-order valence-electron chi connectivity index (χ2n) is 4.28. The van der Waals surface area contributed by atoms with E-state index in [-0.39, 0.29) is 5.56 Å². The normalized spacial score (nSPS) is 10.8. The molecule has 4 heteroatoms. The number of ether oxygens (including phenoxy) is 1. The smallest absolute Gasteiger partial charge is 0.268 e. The van der Waals surface area contributed by atoms with Crippen LogP contribution in [0.15, 0.2) is 53.3 Å². The third-order valence-corrected chi connectivity index (χ3v) is 4.08. The molecule has 0 spiro atoms. The molecule has 0 saturated carbocycles. The van der Waals surface area contributed by atoms with Crippen molar-refractivity contribution in [1.82, 2.24) is 3.96 Å². The first-order valence-corrected chi connectivity index (χ1v) is 6.77. The van der Waals surface area contributed by atoms with E-state index in [4.69, 9.17) is 4.74 Å². The SMILES string of the molecule is COc1cccc(Cn2sc3ccccc3c2=O)c1. The van der Waals surface area contributed by atoms with Gasteiger partial charge < -0.3 is 4.74 Å². The number of rotatable bonds is 3. The standard InChI is InChI=1S/C15H13NO2S/c1-18-12-6-4-5-11(9-12)10-16-15(17)13-7-2-3-8-14(13)19-16/h2-9H,10H2,1H3. The summed E-state index contributed by atoms with van der Waals surface area (Å²) >= 11 is 1.50. The highest BCUT2D eigenvalue weighted by atomic mass is 32.1. The Kier molecular flexibility index (Phi) is 3.09. The molecule has 0 saturated heterocycles. The molecule has 1 aromatic heterocycles. The Bertz CT molecular complexity index is 773. The van der Waals surface area contributed by atoms with Crippen LogP contribution in [0.3, 0.4) is 0 Å². The van der Waals surface area contributed by atoms with E-state index in [9.17, 15) is 4.79 Å². The van der Waals surface area contributed by atoms with E-state index >= 15 is 0 Å². The summed E-state index contributed by atoms with van der Waals surface area (Å²) in [5.74, 6) is 0.812. The van der Waals surface area contributed by atoms with Crippen LogP contribution < -0.4 is 10.3 Å². The summed E-state index contributed by atoms with van der Waals surface area (Å²) in [6.45, 7) is 0.579. The van der Waals surface area contributed by atoms with Crippen molar-refractivity contribution in [1.29, 1.82) is 0 Å². The molecular formula is C15H13NO2S. The van der Waals surface area contributed by atoms with Gasteiger partial charge in [0.1, 0.15) is 5.75 Å². The van der Waals surface area contributed by atoms with Gasteiger partial charge in [-0.15, -0.1) is 0 Å². The first-order valence-electron chi connectivity index (χ1n) is 6.00. The van der Waals surface area contributed by atoms with Gasteiger partial charge in [0.05, 0.1) is 23.7 Å². The zero-order valence-corrected chi connectivity index (χ0v) is 11.3. The highest BCUT2D eigenvalue weighted by Crippen LogP contribution is 2.18. The van der Waals surface area contributed by atoms with Crippen LogP contribution in [0.1, 0.15) is 5.56 Å². The Hall–Kier alpha value is -2.07. The average molecular weight is 271 g/mol. The van der Waals surface area contributed by atoms with Gasteiger partial charge in [-0.05, 0) is 29.8 Å². The van der Waals surface area contributed by atoms with E-state index in [1.807, 2.05) is 48.5 Å². The minimum absolute atomic E-state index is 0.0726. The topological polar surface area (TPSA) is 31.2 Å². The summed E-state index contributed by atoms with van der Waals surface area (Å²) in [6.07, 6.45) is 0. The van der Waals surface area contributed by atoms with E-state index in [2.05, 4.69) is 0 Å². The largest absolute Gasteiger partial charge is 0.497 e. The van der Waals surface area contributed by atoms with E-state index in [1.165, 1.54) is 11.5 Å². The van der Waals surface area contributed by atoms with Crippen LogP contribution in [0.2, 0.25) is 0 Å². The molecule has 0 N–H and O–H groups in total. The van der Waals surface area contributed by atoms with Gasteiger partial charge in [-0.25, -0.2) is 0 Å². The molecular weight excluding hydrogens is 258 g/mol. The number of nitrogens with zero attached hydrogens (tertiary/aromatic N) is 1. The molecule has 0 radical (unpaired) electrons. The predicted octanol–water partition coefficient (Wildman–Crippen LogP) is 3.12. The second kappa shape index (κ2) is 4.90. The van der Waals surface area contributed by atoms with Crippen molar-refractivity contribution in [3.63, 3.8) is 0 Å². The summed E-state index contributed by atoms with van der Waals surface area (Å²) in [7, 11) is 1.64. The highest BCUT2D eigenvalue weighted by Gasteiger charge is 2.07. The van der Waals surface area contributed by atoms with E-state index in [0.717, 1.165) is 21.4 Å².